The fourth-order valence-electron chi connectivity index (χ4n) is 2.68. The van der Waals surface area contributed by atoms with Crippen LogP contribution in [0, 0.1) is 0 Å². The molecule has 0 bridgehead atoms. The van der Waals surface area contributed by atoms with E-state index in [-0.39, 0.29) is 17.1 Å². The second-order valence-corrected chi connectivity index (χ2v) is 5.18. The van der Waals surface area contributed by atoms with E-state index in [1.165, 1.54) is 12.8 Å². The second kappa shape index (κ2) is 6.14. The zero-order chi connectivity index (χ0) is 13.7. The predicted molar refractivity (Wildman–Crippen MR) is 70.7 cm³/mol. The van der Waals surface area contributed by atoms with Crippen molar-refractivity contribution in [1.29, 1.82) is 0 Å². The van der Waals surface area contributed by atoms with Crippen molar-refractivity contribution in [2.75, 3.05) is 13.1 Å². The summed E-state index contributed by atoms with van der Waals surface area (Å²) < 4.78 is 5.32. The van der Waals surface area contributed by atoms with Gasteiger partial charge >= 0.3 is 0 Å². The van der Waals surface area contributed by atoms with Crippen molar-refractivity contribution in [2.45, 2.75) is 50.9 Å². The molecule has 0 spiro atoms. The highest BCUT2D eigenvalue weighted by molar-refractivity contribution is 5.90. The fraction of sp³-hybridized carbons (Fsp3) is 0.769. The molecule has 1 saturated carbocycles. The monoisotopic (exact) mass is 266 g/mol. The number of aromatic nitrogens is 2. The molecule has 0 aromatic carbocycles. The van der Waals surface area contributed by atoms with Crippen LogP contribution in [0.25, 0.3) is 0 Å². The van der Waals surface area contributed by atoms with Gasteiger partial charge in [-0.25, -0.2) is 0 Å². The van der Waals surface area contributed by atoms with Crippen LogP contribution in [-0.4, -0.2) is 29.1 Å². The van der Waals surface area contributed by atoms with Crippen molar-refractivity contribution in [3.8, 4) is 0 Å². The molecule has 0 atom stereocenters. The van der Waals surface area contributed by atoms with Crippen molar-refractivity contribution in [3.05, 3.63) is 11.7 Å². The van der Waals surface area contributed by atoms with Gasteiger partial charge in [-0.2, -0.15) is 4.98 Å². The number of hydrogen-bond acceptors (Lipinski definition) is 5. The third-order valence-corrected chi connectivity index (χ3v) is 3.87. The second-order valence-electron chi connectivity index (χ2n) is 5.18. The fourth-order valence-corrected chi connectivity index (χ4v) is 2.68. The molecular weight excluding hydrogens is 244 g/mol. The maximum absolute atomic E-state index is 11.7. The van der Waals surface area contributed by atoms with Gasteiger partial charge in [0.1, 0.15) is 0 Å². The molecular formula is C13H22N4O2. The lowest BCUT2D eigenvalue weighted by atomic mass is 9.80. The summed E-state index contributed by atoms with van der Waals surface area (Å²) in [5.41, 5.74) is 5.71. The van der Waals surface area contributed by atoms with Crippen LogP contribution in [0.15, 0.2) is 4.52 Å². The lowest BCUT2D eigenvalue weighted by Gasteiger charge is -2.26. The van der Waals surface area contributed by atoms with Crippen LogP contribution in [0.5, 0.6) is 0 Å². The van der Waals surface area contributed by atoms with E-state index in [1.807, 2.05) is 6.92 Å². The van der Waals surface area contributed by atoms with Crippen LogP contribution in [0.1, 0.15) is 62.0 Å². The number of amides is 1. The Hall–Kier alpha value is -1.43. The molecule has 1 aliphatic rings. The highest BCUT2D eigenvalue weighted by Gasteiger charge is 2.37. The molecule has 2 rings (SSSR count). The zero-order valence-electron chi connectivity index (χ0n) is 11.4. The van der Waals surface area contributed by atoms with E-state index in [4.69, 9.17) is 10.3 Å². The van der Waals surface area contributed by atoms with Gasteiger partial charge in [0.05, 0.1) is 5.41 Å². The van der Waals surface area contributed by atoms with Gasteiger partial charge in [0.25, 0.3) is 11.7 Å². The molecule has 19 heavy (non-hydrogen) atoms. The number of nitrogens with zero attached hydrogens (tertiary/aromatic N) is 2. The third kappa shape index (κ3) is 2.94. The Morgan fingerprint density at radius 3 is 2.63 bits per heavy atom. The van der Waals surface area contributed by atoms with Crippen molar-refractivity contribution < 1.29 is 9.32 Å². The van der Waals surface area contributed by atoms with Crippen LogP contribution >= 0.6 is 0 Å². The molecule has 1 aliphatic carbocycles. The van der Waals surface area contributed by atoms with Crippen molar-refractivity contribution >= 4 is 5.91 Å². The molecule has 1 aromatic rings. The van der Waals surface area contributed by atoms with Gasteiger partial charge in [-0.3, -0.25) is 4.79 Å². The van der Waals surface area contributed by atoms with E-state index < -0.39 is 0 Å². The molecule has 1 amide bonds. The molecule has 1 aromatic heterocycles. The molecule has 3 N–H and O–H groups in total. The Kier molecular flexibility index (Phi) is 4.52. The van der Waals surface area contributed by atoms with Crippen molar-refractivity contribution in [1.82, 2.24) is 15.5 Å². The summed E-state index contributed by atoms with van der Waals surface area (Å²) >= 11 is 0. The van der Waals surface area contributed by atoms with Gasteiger partial charge < -0.3 is 15.6 Å². The summed E-state index contributed by atoms with van der Waals surface area (Å²) in [7, 11) is 0. The Morgan fingerprint density at radius 2 is 2.05 bits per heavy atom. The van der Waals surface area contributed by atoms with Crippen LogP contribution in [-0.2, 0) is 5.41 Å². The summed E-state index contributed by atoms with van der Waals surface area (Å²) in [5, 5.41) is 6.45. The Morgan fingerprint density at radius 1 is 1.37 bits per heavy atom. The van der Waals surface area contributed by atoms with Gasteiger partial charge in [-0.15, -0.1) is 0 Å². The van der Waals surface area contributed by atoms with E-state index in [1.54, 1.807) is 0 Å². The summed E-state index contributed by atoms with van der Waals surface area (Å²) in [6.07, 6.45) is 6.60. The smallest absolute Gasteiger partial charge is 0.292 e. The predicted octanol–water partition coefficient (Wildman–Crippen LogP) is 1.37. The average Bonchev–Trinajstić information content (AvgIpc) is 2.79. The van der Waals surface area contributed by atoms with Gasteiger partial charge in [0.15, 0.2) is 0 Å². The van der Waals surface area contributed by atoms with Gasteiger partial charge in [-0.05, 0) is 19.8 Å². The number of carbonyl (C=O) groups excluding carboxylic acids is 1. The molecule has 1 heterocycles. The average molecular weight is 266 g/mol. The highest BCUT2D eigenvalue weighted by Crippen LogP contribution is 2.36. The van der Waals surface area contributed by atoms with E-state index in [2.05, 4.69) is 15.5 Å². The maximum Gasteiger partial charge on any atom is 0.292 e. The molecule has 6 nitrogen and oxygen atoms in total. The standard InChI is InChI=1S/C13H22N4O2/c1-2-15-11(18)10-16-12(19-17-10)13(9-14)7-5-3-4-6-8-13/h2-9,14H2,1H3,(H,15,18). The first-order chi connectivity index (χ1) is 9.22. The Balaban J connectivity index is 2.21. The zero-order valence-corrected chi connectivity index (χ0v) is 11.4. The first-order valence-corrected chi connectivity index (χ1v) is 7.04. The largest absolute Gasteiger partial charge is 0.349 e. The number of nitrogens with two attached hydrogens (primary N) is 1. The quantitative estimate of drug-likeness (QED) is 0.803. The summed E-state index contributed by atoms with van der Waals surface area (Å²) in [6.45, 7) is 2.89. The summed E-state index contributed by atoms with van der Waals surface area (Å²) in [6, 6.07) is 0. The first-order valence-electron chi connectivity index (χ1n) is 7.04. The minimum atomic E-state index is -0.293. The molecule has 0 unspecified atom stereocenters. The molecule has 0 saturated heterocycles. The molecule has 0 radical (unpaired) electrons. The highest BCUT2D eigenvalue weighted by atomic mass is 16.5. The molecule has 1 fully saturated rings. The third-order valence-electron chi connectivity index (χ3n) is 3.87. The molecule has 106 valence electrons. The van der Waals surface area contributed by atoms with E-state index >= 15 is 0 Å². The van der Waals surface area contributed by atoms with Crippen LogP contribution in [0.2, 0.25) is 0 Å². The number of nitrogens with one attached hydrogen (secondary N) is 1. The topological polar surface area (TPSA) is 94.0 Å². The first kappa shape index (κ1) is 14.0. The Bertz CT molecular complexity index is 422. The number of hydrogen-bond donors (Lipinski definition) is 2. The maximum atomic E-state index is 11.7. The van der Waals surface area contributed by atoms with Gasteiger partial charge in [-0.1, -0.05) is 30.8 Å². The van der Waals surface area contributed by atoms with E-state index in [0.717, 1.165) is 25.7 Å². The van der Waals surface area contributed by atoms with Crippen LogP contribution < -0.4 is 11.1 Å². The van der Waals surface area contributed by atoms with E-state index in [9.17, 15) is 4.79 Å². The SMILES string of the molecule is CCNC(=O)c1noc(C2(CN)CCCCCC2)n1. The normalized spacial score (nSPS) is 18.8. The Labute approximate surface area is 113 Å². The lowest BCUT2D eigenvalue weighted by Crippen LogP contribution is -2.35. The molecule has 6 heteroatoms. The minimum Gasteiger partial charge on any atom is -0.349 e. The van der Waals surface area contributed by atoms with Gasteiger partial charge in [0.2, 0.25) is 5.89 Å². The lowest BCUT2D eigenvalue weighted by molar-refractivity contribution is 0.0942. The number of carbonyl (C=O) groups is 1. The number of rotatable bonds is 4. The van der Waals surface area contributed by atoms with E-state index in [0.29, 0.717) is 19.0 Å². The molecule has 0 aliphatic heterocycles. The van der Waals surface area contributed by atoms with Crippen LogP contribution in [0.3, 0.4) is 0 Å². The summed E-state index contributed by atoms with van der Waals surface area (Å²) in [4.78, 5) is 15.9. The minimum absolute atomic E-state index is 0.105. The van der Waals surface area contributed by atoms with Crippen molar-refractivity contribution in [2.24, 2.45) is 5.73 Å². The van der Waals surface area contributed by atoms with Gasteiger partial charge in [0, 0.05) is 13.1 Å². The summed E-state index contributed by atoms with van der Waals surface area (Å²) in [5.74, 6) is 0.338. The van der Waals surface area contributed by atoms with Crippen molar-refractivity contribution in [3.63, 3.8) is 0 Å². The van der Waals surface area contributed by atoms with Crippen LogP contribution in [0.4, 0.5) is 0 Å².